The Morgan fingerprint density at radius 2 is 2.21 bits per heavy atom. The quantitative estimate of drug-likeness (QED) is 0.790. The van der Waals surface area contributed by atoms with Gasteiger partial charge in [0.1, 0.15) is 6.04 Å². The molecule has 100 valence electrons. The standard InChI is InChI=1S/C12H12BrN3O3/c1-2-9(11(17)18)15-12(19)16-10-4-3-7(6-14)5-8(10)13/h3-5,9H,2H2,1H3,(H,17,18)(H2,15,16,19). The van der Waals surface area contributed by atoms with Crippen LogP contribution in [0.5, 0.6) is 0 Å². The molecule has 7 heteroatoms. The van der Waals surface area contributed by atoms with Crippen LogP contribution < -0.4 is 10.6 Å². The van der Waals surface area contributed by atoms with Gasteiger partial charge in [-0.3, -0.25) is 0 Å². The van der Waals surface area contributed by atoms with Crippen molar-refractivity contribution in [3.8, 4) is 6.07 Å². The van der Waals surface area contributed by atoms with E-state index in [4.69, 9.17) is 10.4 Å². The van der Waals surface area contributed by atoms with E-state index in [0.29, 0.717) is 15.7 Å². The summed E-state index contributed by atoms with van der Waals surface area (Å²) >= 11 is 3.22. The molecule has 0 aliphatic heterocycles. The molecular weight excluding hydrogens is 314 g/mol. The fourth-order valence-corrected chi connectivity index (χ4v) is 1.82. The van der Waals surface area contributed by atoms with E-state index in [1.54, 1.807) is 25.1 Å². The monoisotopic (exact) mass is 325 g/mol. The van der Waals surface area contributed by atoms with Crippen LogP contribution in [0.1, 0.15) is 18.9 Å². The molecule has 1 unspecified atom stereocenters. The molecule has 2 amide bonds. The molecule has 0 saturated carbocycles. The Bertz CT molecular complexity index is 540. The first-order chi connectivity index (χ1) is 8.97. The Balaban J connectivity index is 2.72. The topological polar surface area (TPSA) is 102 Å². The Hall–Kier alpha value is -2.07. The summed E-state index contributed by atoms with van der Waals surface area (Å²) in [5.41, 5.74) is 0.909. The number of carbonyl (C=O) groups is 2. The number of hydrogen-bond donors (Lipinski definition) is 3. The zero-order chi connectivity index (χ0) is 14.4. The lowest BCUT2D eigenvalue weighted by Crippen LogP contribution is -2.42. The zero-order valence-corrected chi connectivity index (χ0v) is 11.7. The van der Waals surface area contributed by atoms with E-state index in [-0.39, 0.29) is 6.42 Å². The average Bonchev–Trinajstić information content (AvgIpc) is 2.37. The number of carbonyl (C=O) groups excluding carboxylic acids is 1. The van der Waals surface area contributed by atoms with Crippen molar-refractivity contribution in [2.45, 2.75) is 19.4 Å². The van der Waals surface area contributed by atoms with Gasteiger partial charge in [-0.25, -0.2) is 9.59 Å². The SMILES string of the molecule is CCC(NC(=O)Nc1ccc(C#N)cc1Br)C(=O)O. The van der Waals surface area contributed by atoms with E-state index < -0.39 is 18.0 Å². The Morgan fingerprint density at radius 3 is 2.68 bits per heavy atom. The number of halogens is 1. The predicted octanol–water partition coefficient (Wildman–Crippen LogP) is 2.31. The van der Waals surface area contributed by atoms with Gasteiger partial charge in [-0.15, -0.1) is 0 Å². The maximum Gasteiger partial charge on any atom is 0.326 e. The highest BCUT2D eigenvalue weighted by atomic mass is 79.9. The van der Waals surface area contributed by atoms with Crippen LogP contribution in [0.4, 0.5) is 10.5 Å². The third-order valence-electron chi connectivity index (χ3n) is 2.36. The Kier molecular flexibility index (Phi) is 5.33. The molecule has 0 aliphatic carbocycles. The molecule has 0 aliphatic rings. The van der Waals surface area contributed by atoms with Crippen LogP contribution >= 0.6 is 15.9 Å². The summed E-state index contributed by atoms with van der Waals surface area (Å²) in [6.45, 7) is 1.66. The molecule has 1 aromatic rings. The van der Waals surface area contributed by atoms with Crippen molar-refractivity contribution in [2.75, 3.05) is 5.32 Å². The van der Waals surface area contributed by atoms with Gasteiger partial charge in [-0.2, -0.15) is 5.26 Å². The van der Waals surface area contributed by atoms with Gasteiger partial charge in [0.25, 0.3) is 0 Å². The van der Waals surface area contributed by atoms with Gasteiger partial charge in [0.05, 0.1) is 17.3 Å². The van der Waals surface area contributed by atoms with Crippen molar-refractivity contribution in [2.24, 2.45) is 0 Å². The maximum atomic E-state index is 11.6. The van der Waals surface area contributed by atoms with Crippen molar-refractivity contribution in [3.05, 3.63) is 28.2 Å². The van der Waals surface area contributed by atoms with Crippen LogP contribution in [-0.4, -0.2) is 23.1 Å². The minimum atomic E-state index is -1.09. The second kappa shape index (κ2) is 6.75. The lowest BCUT2D eigenvalue weighted by Gasteiger charge is -2.13. The second-order valence-corrected chi connectivity index (χ2v) is 4.56. The first-order valence-corrected chi connectivity index (χ1v) is 6.27. The molecule has 0 heterocycles. The van der Waals surface area contributed by atoms with E-state index in [2.05, 4.69) is 26.6 Å². The van der Waals surface area contributed by atoms with E-state index in [1.165, 1.54) is 0 Å². The molecule has 3 N–H and O–H groups in total. The largest absolute Gasteiger partial charge is 0.480 e. The molecule has 0 aromatic heterocycles. The molecule has 1 atom stereocenters. The number of amides is 2. The number of urea groups is 1. The highest BCUT2D eigenvalue weighted by molar-refractivity contribution is 9.10. The van der Waals surface area contributed by atoms with Crippen LogP contribution in [-0.2, 0) is 4.79 Å². The van der Waals surface area contributed by atoms with Crippen molar-refractivity contribution in [3.63, 3.8) is 0 Å². The van der Waals surface area contributed by atoms with Crippen molar-refractivity contribution >= 4 is 33.6 Å². The third kappa shape index (κ3) is 4.26. The maximum absolute atomic E-state index is 11.6. The molecule has 1 aromatic carbocycles. The fraction of sp³-hybridized carbons (Fsp3) is 0.250. The Labute approximate surface area is 118 Å². The average molecular weight is 326 g/mol. The molecule has 1 rings (SSSR count). The van der Waals surface area contributed by atoms with Gasteiger partial charge in [-0.05, 0) is 40.5 Å². The van der Waals surface area contributed by atoms with E-state index >= 15 is 0 Å². The highest BCUT2D eigenvalue weighted by Gasteiger charge is 2.17. The summed E-state index contributed by atoms with van der Waals surface area (Å²) in [5, 5.41) is 22.4. The number of anilines is 1. The molecule has 19 heavy (non-hydrogen) atoms. The third-order valence-corrected chi connectivity index (χ3v) is 3.01. The summed E-state index contributed by atoms with van der Waals surface area (Å²) in [6, 6.07) is 5.09. The summed E-state index contributed by atoms with van der Waals surface area (Å²) in [6.07, 6.45) is 0.289. The van der Waals surface area contributed by atoms with Crippen LogP contribution in [0.25, 0.3) is 0 Å². The number of carboxylic acids is 1. The molecular formula is C12H12BrN3O3. The summed E-state index contributed by atoms with van der Waals surface area (Å²) in [4.78, 5) is 22.4. The van der Waals surface area contributed by atoms with Gasteiger partial charge >= 0.3 is 12.0 Å². The number of rotatable bonds is 4. The number of nitriles is 1. The van der Waals surface area contributed by atoms with Gasteiger partial charge in [0, 0.05) is 4.47 Å². The number of aliphatic carboxylic acids is 1. The van der Waals surface area contributed by atoms with Crippen molar-refractivity contribution in [1.29, 1.82) is 5.26 Å². The molecule has 0 spiro atoms. The highest BCUT2D eigenvalue weighted by Crippen LogP contribution is 2.23. The number of nitrogens with zero attached hydrogens (tertiary/aromatic N) is 1. The van der Waals surface area contributed by atoms with Gasteiger partial charge < -0.3 is 15.7 Å². The Morgan fingerprint density at radius 1 is 1.53 bits per heavy atom. The van der Waals surface area contributed by atoms with Crippen molar-refractivity contribution < 1.29 is 14.7 Å². The second-order valence-electron chi connectivity index (χ2n) is 3.70. The normalized spacial score (nSPS) is 11.2. The van der Waals surface area contributed by atoms with Gasteiger partial charge in [0.15, 0.2) is 0 Å². The summed E-state index contributed by atoms with van der Waals surface area (Å²) in [7, 11) is 0. The van der Waals surface area contributed by atoms with Crippen molar-refractivity contribution in [1.82, 2.24) is 5.32 Å². The van der Waals surface area contributed by atoms with Crippen LogP contribution in [0.3, 0.4) is 0 Å². The van der Waals surface area contributed by atoms with Crippen LogP contribution in [0.15, 0.2) is 22.7 Å². The molecule has 0 saturated heterocycles. The molecule has 0 fully saturated rings. The number of benzene rings is 1. The van der Waals surface area contributed by atoms with Crippen LogP contribution in [0.2, 0.25) is 0 Å². The van der Waals surface area contributed by atoms with Crippen LogP contribution in [0, 0.1) is 11.3 Å². The van der Waals surface area contributed by atoms with E-state index in [1.807, 2.05) is 6.07 Å². The fourth-order valence-electron chi connectivity index (χ4n) is 1.34. The predicted molar refractivity (Wildman–Crippen MR) is 72.7 cm³/mol. The van der Waals surface area contributed by atoms with Gasteiger partial charge in [-0.1, -0.05) is 6.92 Å². The zero-order valence-electron chi connectivity index (χ0n) is 10.1. The lowest BCUT2D eigenvalue weighted by atomic mass is 10.2. The number of carboxylic acid groups (broad SMARTS) is 1. The number of nitrogens with one attached hydrogen (secondary N) is 2. The minimum absolute atomic E-state index is 0.289. The lowest BCUT2D eigenvalue weighted by molar-refractivity contribution is -0.139. The molecule has 6 nitrogen and oxygen atoms in total. The minimum Gasteiger partial charge on any atom is -0.480 e. The first kappa shape index (κ1) is 15.0. The molecule has 0 radical (unpaired) electrons. The van der Waals surface area contributed by atoms with E-state index in [9.17, 15) is 9.59 Å². The smallest absolute Gasteiger partial charge is 0.326 e. The first-order valence-electron chi connectivity index (χ1n) is 5.48. The molecule has 0 bridgehead atoms. The van der Waals surface area contributed by atoms with Gasteiger partial charge in [0.2, 0.25) is 0 Å². The summed E-state index contributed by atoms with van der Waals surface area (Å²) in [5.74, 6) is -1.09. The number of hydrogen-bond acceptors (Lipinski definition) is 3. The summed E-state index contributed by atoms with van der Waals surface area (Å²) < 4.78 is 0.546. The van der Waals surface area contributed by atoms with E-state index in [0.717, 1.165) is 0 Å².